The number of benzene rings is 1. The first-order valence-electron chi connectivity index (χ1n) is 6.14. The molecule has 3 nitrogen and oxygen atoms in total. The number of nitrogens with two attached hydrogens (primary N) is 1. The van der Waals surface area contributed by atoms with Crippen LogP contribution in [0.3, 0.4) is 0 Å². The molecule has 0 aromatic heterocycles. The predicted octanol–water partition coefficient (Wildman–Crippen LogP) is 2.00. The smallest absolute Gasteiger partial charge is 0.225 e. The van der Waals surface area contributed by atoms with Crippen LogP contribution in [-0.4, -0.2) is 22.9 Å². The van der Waals surface area contributed by atoms with Gasteiger partial charge in [-0.25, -0.2) is 0 Å². The number of carbonyl (C=O) groups is 1. The Morgan fingerprint density at radius 2 is 2.00 bits per heavy atom. The number of aryl methyl sites for hydroxylation is 1. The summed E-state index contributed by atoms with van der Waals surface area (Å²) in [6, 6.07) is 8.31. The standard InChI is InChI=1S/C14H20N2O/c1-9(2)16-13(17)8-12(15)14(16)11-7-5-4-6-10(11)3/h4-7,9,12,14H,8,15H2,1-3H3. The maximum absolute atomic E-state index is 12.0. The Bertz CT molecular complexity index is 428. The Morgan fingerprint density at radius 3 is 2.59 bits per heavy atom. The fourth-order valence-corrected chi connectivity index (χ4v) is 2.69. The lowest BCUT2D eigenvalue weighted by Crippen LogP contribution is -2.38. The molecule has 2 N–H and O–H groups in total. The Hall–Kier alpha value is -1.35. The van der Waals surface area contributed by atoms with Gasteiger partial charge in [-0.05, 0) is 31.9 Å². The topological polar surface area (TPSA) is 46.3 Å². The number of nitrogens with zero attached hydrogens (tertiary/aromatic N) is 1. The number of likely N-dealkylation sites (tertiary alicyclic amines) is 1. The molecule has 1 aromatic carbocycles. The third kappa shape index (κ3) is 2.07. The van der Waals surface area contributed by atoms with Crippen LogP contribution in [0.4, 0.5) is 0 Å². The normalized spacial score (nSPS) is 24.8. The molecular formula is C14H20N2O. The molecule has 0 aliphatic carbocycles. The number of carbonyl (C=O) groups excluding carboxylic acids is 1. The van der Waals surface area contributed by atoms with Gasteiger partial charge in [0.1, 0.15) is 0 Å². The zero-order valence-electron chi connectivity index (χ0n) is 10.7. The number of hydrogen-bond acceptors (Lipinski definition) is 2. The Kier molecular flexibility index (Phi) is 3.20. The van der Waals surface area contributed by atoms with E-state index in [0.29, 0.717) is 6.42 Å². The monoisotopic (exact) mass is 232 g/mol. The molecule has 1 fully saturated rings. The minimum atomic E-state index is -0.0917. The van der Waals surface area contributed by atoms with Crippen LogP contribution in [-0.2, 0) is 4.79 Å². The molecule has 2 atom stereocenters. The average molecular weight is 232 g/mol. The molecule has 0 saturated carbocycles. The average Bonchev–Trinajstić information content (AvgIpc) is 2.54. The summed E-state index contributed by atoms with van der Waals surface area (Å²) in [5, 5.41) is 0. The predicted molar refractivity (Wildman–Crippen MR) is 68.5 cm³/mol. The highest BCUT2D eigenvalue weighted by molar-refractivity contribution is 5.80. The summed E-state index contributed by atoms with van der Waals surface area (Å²) in [7, 11) is 0. The lowest BCUT2D eigenvalue weighted by atomic mass is 9.96. The van der Waals surface area contributed by atoms with Gasteiger partial charge in [-0.2, -0.15) is 0 Å². The summed E-state index contributed by atoms with van der Waals surface area (Å²) in [4.78, 5) is 13.9. The minimum absolute atomic E-state index is 0.0312. The van der Waals surface area contributed by atoms with Crippen LogP contribution in [0.5, 0.6) is 0 Å². The van der Waals surface area contributed by atoms with Crippen molar-refractivity contribution >= 4 is 5.91 Å². The third-order valence-corrected chi connectivity index (χ3v) is 3.47. The first-order valence-corrected chi connectivity index (χ1v) is 6.14. The first kappa shape index (κ1) is 12.1. The van der Waals surface area contributed by atoms with Crippen LogP contribution in [0.15, 0.2) is 24.3 Å². The van der Waals surface area contributed by atoms with E-state index in [9.17, 15) is 4.79 Å². The van der Waals surface area contributed by atoms with Crippen molar-refractivity contribution in [2.75, 3.05) is 0 Å². The lowest BCUT2D eigenvalue weighted by molar-refractivity contribution is -0.130. The van der Waals surface area contributed by atoms with Gasteiger partial charge in [-0.1, -0.05) is 24.3 Å². The van der Waals surface area contributed by atoms with Gasteiger partial charge < -0.3 is 10.6 Å². The van der Waals surface area contributed by atoms with E-state index in [0.717, 1.165) is 0 Å². The van der Waals surface area contributed by atoms with Crippen LogP contribution in [0.2, 0.25) is 0 Å². The van der Waals surface area contributed by atoms with Crippen molar-refractivity contribution in [3.63, 3.8) is 0 Å². The van der Waals surface area contributed by atoms with E-state index in [1.807, 2.05) is 30.9 Å². The quantitative estimate of drug-likeness (QED) is 0.847. The number of amides is 1. The van der Waals surface area contributed by atoms with Gasteiger partial charge in [0.05, 0.1) is 6.04 Å². The van der Waals surface area contributed by atoms with Gasteiger partial charge in [-0.3, -0.25) is 4.79 Å². The fraction of sp³-hybridized carbons (Fsp3) is 0.500. The van der Waals surface area contributed by atoms with Crippen LogP contribution < -0.4 is 5.73 Å². The zero-order valence-corrected chi connectivity index (χ0v) is 10.7. The SMILES string of the molecule is Cc1ccccc1C1C(N)CC(=O)N1C(C)C. The van der Waals surface area contributed by atoms with Crippen molar-refractivity contribution in [2.24, 2.45) is 5.73 Å². The van der Waals surface area contributed by atoms with Gasteiger partial charge in [-0.15, -0.1) is 0 Å². The maximum Gasteiger partial charge on any atom is 0.225 e. The summed E-state index contributed by atoms with van der Waals surface area (Å²) in [6.07, 6.45) is 0.456. The van der Waals surface area contributed by atoms with Crippen LogP contribution >= 0.6 is 0 Å². The van der Waals surface area contributed by atoms with Crippen LogP contribution in [0.1, 0.15) is 37.4 Å². The van der Waals surface area contributed by atoms with E-state index in [1.165, 1.54) is 11.1 Å². The second-order valence-corrected chi connectivity index (χ2v) is 5.06. The Morgan fingerprint density at radius 1 is 1.35 bits per heavy atom. The van der Waals surface area contributed by atoms with E-state index in [-0.39, 0.29) is 24.0 Å². The molecule has 92 valence electrons. The van der Waals surface area contributed by atoms with E-state index in [2.05, 4.69) is 19.1 Å². The molecule has 1 saturated heterocycles. The van der Waals surface area contributed by atoms with E-state index >= 15 is 0 Å². The summed E-state index contributed by atoms with van der Waals surface area (Å²) in [5.74, 6) is 0.167. The van der Waals surface area contributed by atoms with Crippen molar-refractivity contribution in [1.82, 2.24) is 4.90 Å². The van der Waals surface area contributed by atoms with Gasteiger partial charge in [0, 0.05) is 18.5 Å². The van der Waals surface area contributed by atoms with E-state index in [1.54, 1.807) is 0 Å². The second-order valence-electron chi connectivity index (χ2n) is 5.06. The number of hydrogen-bond donors (Lipinski definition) is 1. The van der Waals surface area contributed by atoms with Crippen molar-refractivity contribution in [2.45, 2.75) is 45.3 Å². The molecular weight excluding hydrogens is 212 g/mol. The van der Waals surface area contributed by atoms with Gasteiger partial charge in [0.15, 0.2) is 0 Å². The van der Waals surface area contributed by atoms with Crippen LogP contribution in [0.25, 0.3) is 0 Å². The molecule has 17 heavy (non-hydrogen) atoms. The largest absolute Gasteiger partial charge is 0.332 e. The Labute approximate surface area is 103 Å². The van der Waals surface area contributed by atoms with Gasteiger partial charge >= 0.3 is 0 Å². The molecule has 1 aromatic rings. The molecule has 1 aliphatic rings. The highest BCUT2D eigenvalue weighted by atomic mass is 16.2. The minimum Gasteiger partial charge on any atom is -0.332 e. The molecule has 0 bridgehead atoms. The molecule has 2 rings (SSSR count). The summed E-state index contributed by atoms with van der Waals surface area (Å²) in [5.41, 5.74) is 8.52. The molecule has 0 spiro atoms. The first-order chi connectivity index (χ1) is 8.02. The van der Waals surface area contributed by atoms with Gasteiger partial charge in [0.2, 0.25) is 5.91 Å². The second kappa shape index (κ2) is 4.49. The van der Waals surface area contributed by atoms with E-state index < -0.39 is 0 Å². The molecule has 1 aliphatic heterocycles. The zero-order chi connectivity index (χ0) is 12.6. The highest BCUT2D eigenvalue weighted by Crippen LogP contribution is 2.35. The molecule has 1 amide bonds. The third-order valence-electron chi connectivity index (χ3n) is 3.47. The highest BCUT2D eigenvalue weighted by Gasteiger charge is 2.40. The van der Waals surface area contributed by atoms with Crippen molar-refractivity contribution < 1.29 is 4.79 Å². The summed E-state index contributed by atoms with van der Waals surface area (Å²) in [6.45, 7) is 6.16. The van der Waals surface area contributed by atoms with Crippen molar-refractivity contribution in [3.8, 4) is 0 Å². The number of rotatable bonds is 2. The van der Waals surface area contributed by atoms with E-state index in [4.69, 9.17) is 5.73 Å². The summed E-state index contributed by atoms with van der Waals surface area (Å²) < 4.78 is 0. The molecule has 1 heterocycles. The van der Waals surface area contributed by atoms with Crippen LogP contribution in [0, 0.1) is 6.92 Å². The molecule has 2 unspecified atom stereocenters. The molecule has 0 radical (unpaired) electrons. The summed E-state index contributed by atoms with van der Waals surface area (Å²) >= 11 is 0. The maximum atomic E-state index is 12.0. The lowest BCUT2D eigenvalue weighted by Gasteiger charge is -2.31. The van der Waals surface area contributed by atoms with Gasteiger partial charge in [0.25, 0.3) is 0 Å². The van der Waals surface area contributed by atoms with Crippen molar-refractivity contribution in [3.05, 3.63) is 35.4 Å². The Balaban J connectivity index is 2.42. The van der Waals surface area contributed by atoms with Crippen molar-refractivity contribution in [1.29, 1.82) is 0 Å². The fourth-order valence-electron chi connectivity index (χ4n) is 2.69. The molecule has 3 heteroatoms.